The number of hydrogen-bond donors (Lipinski definition) is 3. The summed E-state index contributed by atoms with van der Waals surface area (Å²) in [6.45, 7) is 6.91. The third-order valence-electron chi connectivity index (χ3n) is 2.36. The number of hydrogen-bond acceptors (Lipinski definition) is 6. The molecule has 0 amide bonds. The topological polar surface area (TPSA) is 96.0 Å². The largest absolute Gasteiger partial charge is 0.369 e. The molecule has 0 aliphatic heterocycles. The molecular weight excluding hydrogens is 278 g/mol. The van der Waals surface area contributed by atoms with Crippen molar-refractivity contribution in [2.24, 2.45) is 0 Å². The van der Waals surface area contributed by atoms with E-state index in [9.17, 15) is 8.42 Å². The van der Waals surface area contributed by atoms with E-state index in [1.165, 1.54) is 0 Å². The fourth-order valence-electron chi connectivity index (χ4n) is 1.64. The van der Waals surface area contributed by atoms with Crippen molar-refractivity contribution in [1.82, 2.24) is 14.7 Å². The zero-order valence-electron chi connectivity index (χ0n) is 12.4. The molecule has 0 bridgehead atoms. The number of aromatic nitrogens is 2. The average molecular weight is 301 g/mol. The van der Waals surface area contributed by atoms with Gasteiger partial charge in [0.05, 0.1) is 18.6 Å². The van der Waals surface area contributed by atoms with Crippen molar-refractivity contribution >= 4 is 21.7 Å². The molecule has 0 unspecified atom stereocenters. The molecule has 8 heteroatoms. The molecule has 0 spiro atoms. The third kappa shape index (κ3) is 6.67. The quantitative estimate of drug-likeness (QED) is 0.664. The van der Waals surface area contributed by atoms with Crippen molar-refractivity contribution in [2.45, 2.75) is 32.7 Å². The molecule has 7 nitrogen and oxygen atoms in total. The Hall–Kier alpha value is -1.41. The van der Waals surface area contributed by atoms with E-state index >= 15 is 0 Å². The number of anilines is 2. The standard InChI is InChI=1S/C12H23N5O2S/c1-5-6-14-10-7-13-8-11(16-10)15-9-12(2,3)17-20(4,18)19/h7-8,17H,5-6,9H2,1-4H3,(H2,14,15,16). The molecule has 0 aliphatic rings. The maximum Gasteiger partial charge on any atom is 0.209 e. The molecule has 0 atom stereocenters. The first-order valence-corrected chi connectivity index (χ1v) is 8.40. The Labute approximate surface area is 120 Å². The van der Waals surface area contributed by atoms with Crippen LogP contribution in [0, 0.1) is 0 Å². The van der Waals surface area contributed by atoms with Gasteiger partial charge < -0.3 is 10.6 Å². The normalized spacial score (nSPS) is 12.2. The lowest BCUT2D eigenvalue weighted by Crippen LogP contribution is -2.47. The zero-order valence-corrected chi connectivity index (χ0v) is 13.2. The summed E-state index contributed by atoms with van der Waals surface area (Å²) >= 11 is 0. The van der Waals surface area contributed by atoms with Gasteiger partial charge in [0.1, 0.15) is 11.6 Å². The van der Waals surface area contributed by atoms with E-state index in [4.69, 9.17) is 0 Å². The first-order chi connectivity index (χ1) is 9.22. The van der Waals surface area contributed by atoms with E-state index < -0.39 is 15.6 Å². The highest BCUT2D eigenvalue weighted by molar-refractivity contribution is 7.88. The summed E-state index contributed by atoms with van der Waals surface area (Å²) in [7, 11) is -3.24. The van der Waals surface area contributed by atoms with Gasteiger partial charge in [0.25, 0.3) is 0 Å². The van der Waals surface area contributed by atoms with E-state index in [0.717, 1.165) is 19.2 Å². The summed E-state index contributed by atoms with van der Waals surface area (Å²) in [4.78, 5) is 8.43. The molecule has 114 valence electrons. The number of rotatable bonds is 8. The van der Waals surface area contributed by atoms with Crippen molar-refractivity contribution < 1.29 is 8.42 Å². The Morgan fingerprint density at radius 3 is 2.35 bits per heavy atom. The molecule has 0 saturated heterocycles. The molecule has 1 rings (SSSR count). The second-order valence-electron chi connectivity index (χ2n) is 5.33. The number of nitrogens with zero attached hydrogens (tertiary/aromatic N) is 2. The van der Waals surface area contributed by atoms with Crippen molar-refractivity contribution in [2.75, 3.05) is 30.0 Å². The second kappa shape index (κ2) is 6.85. The first-order valence-electron chi connectivity index (χ1n) is 6.50. The summed E-state index contributed by atoms with van der Waals surface area (Å²) in [5, 5.41) is 6.23. The molecule has 0 fully saturated rings. The maximum absolute atomic E-state index is 11.3. The van der Waals surface area contributed by atoms with Crippen LogP contribution in [0.4, 0.5) is 11.6 Å². The Bertz CT molecular complexity index is 530. The van der Waals surface area contributed by atoms with Gasteiger partial charge in [-0.3, -0.25) is 4.98 Å². The molecular formula is C12H23N5O2S. The lowest BCUT2D eigenvalue weighted by Gasteiger charge is -2.25. The predicted octanol–water partition coefficient (Wildman–Crippen LogP) is 1.04. The van der Waals surface area contributed by atoms with Crippen LogP contribution in [0.15, 0.2) is 12.4 Å². The van der Waals surface area contributed by atoms with Gasteiger partial charge in [-0.05, 0) is 20.3 Å². The Morgan fingerprint density at radius 2 is 1.80 bits per heavy atom. The van der Waals surface area contributed by atoms with E-state index in [-0.39, 0.29) is 0 Å². The van der Waals surface area contributed by atoms with Crippen LogP contribution in [-0.2, 0) is 10.0 Å². The van der Waals surface area contributed by atoms with Crippen LogP contribution in [0.25, 0.3) is 0 Å². The minimum atomic E-state index is -3.24. The van der Waals surface area contributed by atoms with Crippen LogP contribution >= 0.6 is 0 Å². The number of nitrogens with one attached hydrogen (secondary N) is 3. The van der Waals surface area contributed by atoms with Crippen LogP contribution in [-0.4, -0.2) is 43.3 Å². The van der Waals surface area contributed by atoms with E-state index in [2.05, 4.69) is 32.2 Å². The van der Waals surface area contributed by atoms with Gasteiger partial charge in [-0.2, -0.15) is 0 Å². The van der Waals surface area contributed by atoms with Crippen molar-refractivity contribution in [3.8, 4) is 0 Å². The van der Waals surface area contributed by atoms with Crippen LogP contribution in [0.3, 0.4) is 0 Å². The molecule has 20 heavy (non-hydrogen) atoms. The summed E-state index contributed by atoms with van der Waals surface area (Å²) < 4.78 is 25.1. The Morgan fingerprint density at radius 1 is 1.20 bits per heavy atom. The fraction of sp³-hybridized carbons (Fsp3) is 0.667. The zero-order chi connectivity index (χ0) is 15.2. The van der Waals surface area contributed by atoms with Crippen LogP contribution < -0.4 is 15.4 Å². The van der Waals surface area contributed by atoms with Gasteiger partial charge in [-0.15, -0.1) is 0 Å². The highest BCUT2D eigenvalue weighted by atomic mass is 32.2. The maximum atomic E-state index is 11.3. The lowest BCUT2D eigenvalue weighted by molar-refractivity contribution is 0.476. The van der Waals surface area contributed by atoms with Crippen molar-refractivity contribution in [1.29, 1.82) is 0 Å². The summed E-state index contributed by atoms with van der Waals surface area (Å²) in [5.41, 5.74) is -0.609. The van der Waals surface area contributed by atoms with E-state index in [1.807, 2.05) is 0 Å². The molecule has 1 aromatic rings. The van der Waals surface area contributed by atoms with Gasteiger partial charge in [0.15, 0.2) is 0 Å². The molecule has 0 aliphatic carbocycles. The van der Waals surface area contributed by atoms with Gasteiger partial charge in [0.2, 0.25) is 10.0 Å². The Kier molecular flexibility index (Phi) is 5.70. The monoisotopic (exact) mass is 301 g/mol. The van der Waals surface area contributed by atoms with Crippen LogP contribution in [0.1, 0.15) is 27.2 Å². The van der Waals surface area contributed by atoms with E-state index in [0.29, 0.717) is 18.2 Å². The van der Waals surface area contributed by atoms with E-state index in [1.54, 1.807) is 26.2 Å². The highest BCUT2D eigenvalue weighted by Gasteiger charge is 2.21. The number of sulfonamides is 1. The third-order valence-corrected chi connectivity index (χ3v) is 3.29. The van der Waals surface area contributed by atoms with Crippen molar-refractivity contribution in [3.63, 3.8) is 0 Å². The Balaban J connectivity index is 2.60. The van der Waals surface area contributed by atoms with Gasteiger partial charge >= 0.3 is 0 Å². The smallest absolute Gasteiger partial charge is 0.209 e. The fourth-order valence-corrected chi connectivity index (χ4v) is 2.71. The molecule has 3 N–H and O–H groups in total. The van der Waals surface area contributed by atoms with Gasteiger partial charge in [0, 0.05) is 18.6 Å². The van der Waals surface area contributed by atoms with Gasteiger partial charge in [-0.1, -0.05) is 6.92 Å². The molecule has 0 aromatic carbocycles. The highest BCUT2D eigenvalue weighted by Crippen LogP contribution is 2.10. The average Bonchev–Trinajstić information content (AvgIpc) is 2.32. The lowest BCUT2D eigenvalue weighted by atomic mass is 10.1. The summed E-state index contributed by atoms with van der Waals surface area (Å²) in [6, 6.07) is 0. The van der Waals surface area contributed by atoms with Crippen molar-refractivity contribution in [3.05, 3.63) is 12.4 Å². The molecule has 0 saturated carbocycles. The van der Waals surface area contributed by atoms with Gasteiger partial charge in [-0.25, -0.2) is 18.1 Å². The SMILES string of the molecule is CCCNc1cncc(NCC(C)(C)NS(C)(=O)=O)n1. The van der Waals surface area contributed by atoms with Crippen LogP contribution in [0.2, 0.25) is 0 Å². The predicted molar refractivity (Wildman–Crippen MR) is 81.4 cm³/mol. The minimum absolute atomic E-state index is 0.409. The molecule has 1 heterocycles. The first kappa shape index (κ1) is 16.6. The summed E-state index contributed by atoms with van der Waals surface area (Å²) in [6.07, 6.45) is 5.41. The summed E-state index contributed by atoms with van der Waals surface area (Å²) in [5.74, 6) is 1.31. The molecule has 0 radical (unpaired) electrons. The molecule has 1 aromatic heterocycles. The van der Waals surface area contributed by atoms with Crippen LogP contribution in [0.5, 0.6) is 0 Å². The minimum Gasteiger partial charge on any atom is -0.369 e. The second-order valence-corrected chi connectivity index (χ2v) is 7.08.